The van der Waals surface area contributed by atoms with Gasteiger partial charge in [0.25, 0.3) is 11.8 Å². The van der Waals surface area contributed by atoms with Crippen LogP contribution in [0.1, 0.15) is 54.9 Å². The summed E-state index contributed by atoms with van der Waals surface area (Å²) in [5.41, 5.74) is 2.23. The summed E-state index contributed by atoms with van der Waals surface area (Å²) in [4.78, 5) is 27.3. The van der Waals surface area contributed by atoms with Crippen molar-refractivity contribution in [3.63, 3.8) is 0 Å². The number of hydrogen-bond acceptors (Lipinski definition) is 3. The number of likely N-dealkylation sites (N-methyl/N-ethyl adjacent to an activating group) is 1. The zero-order chi connectivity index (χ0) is 20.8. The first-order chi connectivity index (χ1) is 14.0. The summed E-state index contributed by atoms with van der Waals surface area (Å²) in [6, 6.07) is 15.0. The number of aryl methyl sites for hydroxylation is 1. The normalized spacial score (nSPS) is 15.4. The topological polar surface area (TPSA) is 58.6 Å². The third-order valence-corrected chi connectivity index (χ3v) is 5.46. The predicted molar refractivity (Wildman–Crippen MR) is 115 cm³/mol. The van der Waals surface area contributed by atoms with Crippen molar-refractivity contribution in [1.82, 2.24) is 5.32 Å². The maximum Gasteiger partial charge on any atom is 0.267 e. The number of nitrogens with one attached hydrogen (secondary N) is 1. The first kappa shape index (κ1) is 20.9. The minimum absolute atomic E-state index is 0.126. The van der Waals surface area contributed by atoms with E-state index in [-0.39, 0.29) is 17.9 Å². The Hall–Kier alpha value is -2.82. The summed E-state index contributed by atoms with van der Waals surface area (Å²) in [6.45, 7) is 3.73. The fourth-order valence-corrected chi connectivity index (χ4v) is 3.73. The van der Waals surface area contributed by atoms with Gasteiger partial charge in [0.2, 0.25) is 0 Å². The van der Waals surface area contributed by atoms with Gasteiger partial charge < -0.3 is 15.0 Å². The van der Waals surface area contributed by atoms with Crippen LogP contribution in [-0.2, 0) is 4.79 Å². The third-order valence-electron chi connectivity index (χ3n) is 5.46. The van der Waals surface area contributed by atoms with Gasteiger partial charge in [-0.3, -0.25) is 9.59 Å². The lowest BCUT2D eigenvalue weighted by Crippen LogP contribution is -2.40. The van der Waals surface area contributed by atoms with Crippen molar-refractivity contribution in [3.05, 3.63) is 59.7 Å². The summed E-state index contributed by atoms with van der Waals surface area (Å²) in [6.07, 6.45) is 4.91. The number of amides is 2. The molecule has 1 aliphatic rings. The summed E-state index contributed by atoms with van der Waals surface area (Å²) < 4.78 is 5.80. The Bertz CT molecular complexity index is 841. The van der Waals surface area contributed by atoms with Gasteiger partial charge >= 0.3 is 0 Å². The van der Waals surface area contributed by atoms with E-state index in [1.54, 1.807) is 26.1 Å². The number of hydrogen-bond donors (Lipinski definition) is 1. The highest BCUT2D eigenvalue weighted by atomic mass is 16.5. The summed E-state index contributed by atoms with van der Waals surface area (Å²) in [5.74, 6) is 0.316. The molecule has 2 aromatic rings. The molecule has 1 fully saturated rings. The molecule has 5 heteroatoms. The molecule has 154 valence electrons. The fraction of sp³-hybridized carbons (Fsp3) is 0.417. The molecule has 2 amide bonds. The number of carbonyl (C=O) groups is 2. The molecule has 29 heavy (non-hydrogen) atoms. The van der Waals surface area contributed by atoms with Gasteiger partial charge in [-0.1, -0.05) is 49.1 Å². The van der Waals surface area contributed by atoms with E-state index in [0.717, 1.165) is 31.2 Å². The van der Waals surface area contributed by atoms with Crippen molar-refractivity contribution in [2.75, 3.05) is 11.9 Å². The molecule has 1 aliphatic carbocycles. The maximum atomic E-state index is 12.9. The Morgan fingerprint density at radius 2 is 1.69 bits per heavy atom. The quantitative estimate of drug-likeness (QED) is 0.785. The molecular formula is C24H30N2O3. The Morgan fingerprint density at radius 3 is 2.38 bits per heavy atom. The minimum atomic E-state index is -0.669. The molecule has 1 unspecified atom stereocenters. The first-order valence-electron chi connectivity index (χ1n) is 10.4. The molecule has 0 bridgehead atoms. The molecule has 0 aliphatic heterocycles. The Kier molecular flexibility index (Phi) is 6.91. The molecule has 0 spiro atoms. The lowest BCUT2D eigenvalue weighted by molar-refractivity contribution is -0.124. The average Bonchev–Trinajstić information content (AvgIpc) is 2.75. The molecular weight excluding hydrogens is 364 g/mol. The molecule has 0 radical (unpaired) electrons. The number of carbonyl (C=O) groups excluding carboxylic acids is 2. The Balaban J connectivity index is 1.70. The van der Waals surface area contributed by atoms with E-state index < -0.39 is 6.10 Å². The van der Waals surface area contributed by atoms with Crippen LogP contribution in [0.2, 0.25) is 0 Å². The van der Waals surface area contributed by atoms with Crippen molar-refractivity contribution < 1.29 is 14.3 Å². The van der Waals surface area contributed by atoms with Crippen LogP contribution in [0.15, 0.2) is 48.5 Å². The van der Waals surface area contributed by atoms with E-state index in [4.69, 9.17) is 4.74 Å². The number of rotatable bonds is 6. The minimum Gasteiger partial charge on any atom is -0.481 e. The van der Waals surface area contributed by atoms with Crippen LogP contribution in [0.25, 0.3) is 0 Å². The number of para-hydroxylation sites is 1. The molecule has 3 rings (SSSR count). The summed E-state index contributed by atoms with van der Waals surface area (Å²) in [7, 11) is 1.68. The third kappa shape index (κ3) is 5.37. The Morgan fingerprint density at radius 1 is 1.03 bits per heavy atom. The largest absolute Gasteiger partial charge is 0.481 e. The molecule has 0 saturated heterocycles. The Labute approximate surface area is 173 Å². The van der Waals surface area contributed by atoms with Crippen LogP contribution in [0.4, 0.5) is 5.69 Å². The van der Waals surface area contributed by atoms with E-state index in [1.165, 1.54) is 11.3 Å². The fourth-order valence-electron chi connectivity index (χ4n) is 3.73. The summed E-state index contributed by atoms with van der Waals surface area (Å²) >= 11 is 0. The molecule has 5 nitrogen and oxygen atoms in total. The molecule has 0 aromatic heterocycles. The SMILES string of the molecule is Cc1ccc(OC(C)C(=O)N(C)c2ccccc2C(=O)NC2CCCCC2)cc1. The van der Waals surface area contributed by atoms with Crippen molar-refractivity contribution in [1.29, 1.82) is 0 Å². The van der Waals surface area contributed by atoms with Crippen molar-refractivity contribution >= 4 is 17.5 Å². The van der Waals surface area contributed by atoms with E-state index in [1.807, 2.05) is 43.3 Å². The van der Waals surface area contributed by atoms with Crippen LogP contribution in [0, 0.1) is 6.92 Å². The van der Waals surface area contributed by atoms with Gasteiger partial charge in [-0.2, -0.15) is 0 Å². The van der Waals surface area contributed by atoms with Gasteiger partial charge in [-0.15, -0.1) is 0 Å². The lowest BCUT2D eigenvalue weighted by Gasteiger charge is -2.26. The second-order valence-electron chi connectivity index (χ2n) is 7.80. The number of ether oxygens (including phenoxy) is 1. The zero-order valence-corrected chi connectivity index (χ0v) is 17.5. The van der Waals surface area contributed by atoms with Crippen molar-refractivity contribution in [2.45, 2.75) is 58.1 Å². The first-order valence-corrected chi connectivity index (χ1v) is 10.4. The van der Waals surface area contributed by atoms with E-state index in [2.05, 4.69) is 5.32 Å². The van der Waals surface area contributed by atoms with E-state index >= 15 is 0 Å². The number of nitrogens with zero attached hydrogens (tertiary/aromatic N) is 1. The number of benzene rings is 2. The van der Waals surface area contributed by atoms with Gasteiger partial charge in [0.15, 0.2) is 6.10 Å². The van der Waals surface area contributed by atoms with Crippen LogP contribution in [0.3, 0.4) is 0 Å². The molecule has 2 aromatic carbocycles. The van der Waals surface area contributed by atoms with Crippen LogP contribution in [0.5, 0.6) is 5.75 Å². The lowest BCUT2D eigenvalue weighted by atomic mass is 9.95. The van der Waals surface area contributed by atoms with Gasteiger partial charge in [0.05, 0.1) is 11.3 Å². The molecule has 1 atom stereocenters. The van der Waals surface area contributed by atoms with Gasteiger partial charge in [-0.05, 0) is 51.0 Å². The van der Waals surface area contributed by atoms with E-state index in [9.17, 15) is 9.59 Å². The van der Waals surface area contributed by atoms with Gasteiger partial charge in [0, 0.05) is 13.1 Å². The van der Waals surface area contributed by atoms with Crippen molar-refractivity contribution in [3.8, 4) is 5.75 Å². The standard InChI is InChI=1S/C24H30N2O3/c1-17-13-15-20(16-14-17)29-18(2)24(28)26(3)22-12-8-7-11-21(22)23(27)25-19-9-5-4-6-10-19/h7-8,11-16,18-19H,4-6,9-10H2,1-3H3,(H,25,27). The highest BCUT2D eigenvalue weighted by Crippen LogP contribution is 2.23. The highest BCUT2D eigenvalue weighted by molar-refractivity contribution is 6.05. The van der Waals surface area contributed by atoms with Gasteiger partial charge in [0.1, 0.15) is 5.75 Å². The second-order valence-corrected chi connectivity index (χ2v) is 7.80. The smallest absolute Gasteiger partial charge is 0.267 e. The monoisotopic (exact) mass is 394 g/mol. The molecule has 1 saturated carbocycles. The zero-order valence-electron chi connectivity index (χ0n) is 17.5. The number of anilines is 1. The summed E-state index contributed by atoms with van der Waals surface area (Å²) in [5, 5.41) is 3.14. The van der Waals surface area contributed by atoms with Gasteiger partial charge in [-0.25, -0.2) is 0 Å². The molecule has 0 heterocycles. The van der Waals surface area contributed by atoms with Crippen LogP contribution in [-0.4, -0.2) is 31.0 Å². The van der Waals surface area contributed by atoms with E-state index in [0.29, 0.717) is 17.0 Å². The maximum absolute atomic E-state index is 12.9. The second kappa shape index (κ2) is 9.59. The molecule has 1 N–H and O–H groups in total. The van der Waals surface area contributed by atoms with Crippen molar-refractivity contribution in [2.24, 2.45) is 0 Å². The highest BCUT2D eigenvalue weighted by Gasteiger charge is 2.25. The van der Waals surface area contributed by atoms with Crippen LogP contribution < -0.4 is 15.0 Å². The predicted octanol–water partition coefficient (Wildman–Crippen LogP) is 4.49. The average molecular weight is 395 g/mol. The van der Waals surface area contributed by atoms with Crippen LogP contribution >= 0.6 is 0 Å².